The van der Waals surface area contributed by atoms with Gasteiger partial charge in [0.05, 0.1) is 16.3 Å². The number of nitrogens with zero attached hydrogens (tertiary/aromatic N) is 3. The second-order valence-corrected chi connectivity index (χ2v) is 16.0. The third kappa shape index (κ3) is 5.81. The number of hydrogen-bond donors (Lipinski definition) is 1. The van der Waals surface area contributed by atoms with Crippen LogP contribution in [0.3, 0.4) is 0 Å². The molecule has 13 heteroatoms. The predicted molar refractivity (Wildman–Crippen MR) is 154 cm³/mol. The number of ether oxygens (including phenoxy) is 1. The minimum atomic E-state index is -4.66. The Hall–Kier alpha value is -2.22. The number of carbonyl (C=O) groups excluding carboxylic acids is 1. The number of thiazole rings is 1. The Morgan fingerprint density at radius 3 is 2.62 bits per heavy atom. The normalized spacial score (nSPS) is 31.3. The number of aromatic nitrogens is 1. The van der Waals surface area contributed by atoms with Crippen molar-refractivity contribution in [3.63, 3.8) is 0 Å². The van der Waals surface area contributed by atoms with Gasteiger partial charge in [0, 0.05) is 25.8 Å². The number of hydrogen-bond acceptors (Lipinski definition) is 6. The number of nitrogens with one attached hydrogen (secondary N) is 1. The molecule has 4 atom stereocenters. The lowest BCUT2D eigenvalue weighted by Gasteiger charge is -2.41. The van der Waals surface area contributed by atoms with E-state index in [0.29, 0.717) is 47.1 Å². The molecule has 1 saturated heterocycles. The number of amides is 1. The molecule has 1 aromatic rings. The number of alkyl halides is 3. The maximum atomic E-state index is 13.5. The molecule has 1 amide bonds. The Bertz CT molecular complexity index is 1460. The monoisotopic (exact) mass is 626 g/mol. The first-order chi connectivity index (χ1) is 19.6. The topological polar surface area (TPSA) is 91.8 Å². The Balaban J connectivity index is 1.31. The Labute approximate surface area is 248 Å². The molecular weight excluding hydrogens is 589 g/mol. The molecule has 2 bridgehead atoms. The highest BCUT2D eigenvalue weighted by molar-refractivity contribution is 7.87. The van der Waals surface area contributed by atoms with E-state index in [0.717, 1.165) is 47.3 Å². The molecule has 3 aliphatic carbocycles. The molecule has 42 heavy (non-hydrogen) atoms. The summed E-state index contributed by atoms with van der Waals surface area (Å²) in [6.07, 6.45) is 8.08. The Morgan fingerprint density at radius 2 is 1.95 bits per heavy atom. The summed E-state index contributed by atoms with van der Waals surface area (Å²) in [5, 5.41) is 0.661. The van der Waals surface area contributed by atoms with Gasteiger partial charge in [-0.05, 0) is 87.9 Å². The van der Waals surface area contributed by atoms with Gasteiger partial charge in [0.2, 0.25) is 0 Å². The first kappa shape index (κ1) is 29.8. The van der Waals surface area contributed by atoms with Crippen molar-refractivity contribution in [2.24, 2.45) is 11.8 Å². The van der Waals surface area contributed by atoms with E-state index >= 15 is 0 Å². The molecule has 3 heterocycles. The molecule has 0 aromatic carbocycles. The summed E-state index contributed by atoms with van der Waals surface area (Å²) in [4.78, 5) is 19.8. The van der Waals surface area contributed by atoms with Crippen LogP contribution in [-0.2, 0) is 14.9 Å². The molecule has 8 nitrogen and oxygen atoms in total. The molecule has 230 valence electrons. The lowest BCUT2D eigenvalue weighted by molar-refractivity contribution is -0.136. The number of carbonyl (C=O) groups is 1. The van der Waals surface area contributed by atoms with Crippen LogP contribution < -0.4 is 4.72 Å². The minimum Gasteiger partial charge on any atom is -0.444 e. The number of halogens is 3. The Morgan fingerprint density at radius 1 is 1.21 bits per heavy atom. The highest BCUT2D eigenvalue weighted by atomic mass is 32.2. The second kappa shape index (κ2) is 10.4. The van der Waals surface area contributed by atoms with Crippen LogP contribution in [0.25, 0.3) is 5.57 Å². The molecule has 5 aliphatic rings. The summed E-state index contributed by atoms with van der Waals surface area (Å²) in [5.41, 5.74) is 1.22. The summed E-state index contributed by atoms with van der Waals surface area (Å²) < 4.78 is 75.8. The maximum absolute atomic E-state index is 13.5. The van der Waals surface area contributed by atoms with Gasteiger partial charge in [-0.2, -0.15) is 30.6 Å². The zero-order valence-corrected chi connectivity index (χ0v) is 25.7. The third-order valence-electron chi connectivity index (χ3n) is 9.00. The fourth-order valence-electron chi connectivity index (χ4n) is 7.21. The van der Waals surface area contributed by atoms with Crippen molar-refractivity contribution in [1.29, 1.82) is 0 Å². The molecular formula is C29H37F3N4O4S2. The van der Waals surface area contributed by atoms with E-state index in [4.69, 9.17) is 9.72 Å². The lowest BCUT2D eigenvalue weighted by Crippen LogP contribution is -2.52. The highest BCUT2D eigenvalue weighted by Crippen LogP contribution is 2.53. The standard InChI is InChI=1S/C29H37F3N4O4S2/c1-27(2,3)40-26(37)35-10-8-20(9-11-35)24-15-33-25(41-24)22-7-6-21-13-18-4-5-19(12-18)14-23(21)28(22)16-36(17-29(30,31)32)42(38,39)34-28/h6-8,15,18-19,22,34H,4-5,9-14,16-17H2,1-3H3. The molecule has 1 saturated carbocycles. The predicted octanol–water partition coefficient (Wildman–Crippen LogP) is 5.78. The van der Waals surface area contributed by atoms with Crippen molar-refractivity contribution in [3.8, 4) is 0 Å². The average molecular weight is 627 g/mol. The van der Waals surface area contributed by atoms with E-state index in [9.17, 15) is 26.4 Å². The lowest BCUT2D eigenvalue weighted by atomic mass is 9.69. The number of allylic oxidation sites excluding steroid dienone is 2. The zero-order valence-electron chi connectivity index (χ0n) is 24.0. The van der Waals surface area contributed by atoms with Crippen LogP contribution in [0.4, 0.5) is 18.0 Å². The van der Waals surface area contributed by atoms with E-state index in [1.165, 1.54) is 11.3 Å². The van der Waals surface area contributed by atoms with Crippen molar-refractivity contribution in [1.82, 2.24) is 18.9 Å². The maximum Gasteiger partial charge on any atom is 0.410 e. The summed E-state index contributed by atoms with van der Waals surface area (Å²) in [6, 6.07) is 0. The quantitative estimate of drug-likeness (QED) is 0.460. The van der Waals surface area contributed by atoms with Crippen molar-refractivity contribution >= 4 is 33.2 Å². The first-order valence-electron chi connectivity index (χ1n) is 14.5. The van der Waals surface area contributed by atoms with Crippen molar-refractivity contribution in [3.05, 3.63) is 45.5 Å². The molecule has 1 spiro atoms. The van der Waals surface area contributed by atoms with Crippen LogP contribution in [-0.4, -0.2) is 72.2 Å². The average Bonchev–Trinajstić information content (AvgIpc) is 3.54. The van der Waals surface area contributed by atoms with Crippen molar-refractivity contribution in [2.45, 2.75) is 82.5 Å². The van der Waals surface area contributed by atoms with Gasteiger partial charge in [-0.1, -0.05) is 18.2 Å². The van der Waals surface area contributed by atoms with E-state index in [1.807, 2.05) is 32.9 Å². The fraction of sp³-hybridized carbons (Fsp3) is 0.655. The summed E-state index contributed by atoms with van der Waals surface area (Å²) >= 11 is 1.44. The van der Waals surface area contributed by atoms with Gasteiger partial charge < -0.3 is 9.64 Å². The number of rotatable bonds is 3. The molecule has 4 unspecified atom stereocenters. The van der Waals surface area contributed by atoms with Crippen LogP contribution in [0.1, 0.15) is 75.1 Å². The van der Waals surface area contributed by atoms with Gasteiger partial charge in [0.1, 0.15) is 17.2 Å². The molecule has 2 fully saturated rings. The second-order valence-electron chi connectivity index (χ2n) is 13.2. The molecule has 1 aromatic heterocycles. The van der Waals surface area contributed by atoms with Crippen LogP contribution >= 0.6 is 11.3 Å². The smallest absolute Gasteiger partial charge is 0.410 e. The van der Waals surface area contributed by atoms with Gasteiger partial charge >= 0.3 is 12.3 Å². The highest BCUT2D eigenvalue weighted by Gasteiger charge is 2.58. The van der Waals surface area contributed by atoms with Gasteiger partial charge in [0.25, 0.3) is 10.2 Å². The number of fused-ring (bicyclic) bond motifs is 3. The van der Waals surface area contributed by atoms with Gasteiger partial charge in [-0.3, -0.25) is 0 Å². The van der Waals surface area contributed by atoms with E-state index < -0.39 is 40.0 Å². The summed E-state index contributed by atoms with van der Waals surface area (Å²) in [5.74, 6) is 0.386. The van der Waals surface area contributed by atoms with E-state index in [2.05, 4.69) is 10.8 Å². The van der Waals surface area contributed by atoms with Crippen LogP contribution in [0, 0.1) is 11.8 Å². The van der Waals surface area contributed by atoms with Gasteiger partial charge in [-0.15, -0.1) is 11.3 Å². The van der Waals surface area contributed by atoms with E-state index in [1.54, 1.807) is 11.1 Å². The minimum absolute atomic E-state index is 0.289. The SMILES string of the molecule is CC(C)(C)OC(=O)N1CC=C(c2cnc(C3C=CC4=C(CC5CCC(C4)C5)C34CN(CC(F)(F)F)S(=O)(=O)N4)s2)CC1. The zero-order chi connectivity index (χ0) is 30.1. The molecule has 1 N–H and O–H groups in total. The van der Waals surface area contributed by atoms with Crippen LogP contribution in [0.2, 0.25) is 0 Å². The molecule has 2 aliphatic heterocycles. The van der Waals surface area contributed by atoms with Gasteiger partial charge in [0.15, 0.2) is 0 Å². The molecule has 0 radical (unpaired) electrons. The van der Waals surface area contributed by atoms with Crippen molar-refractivity contribution in [2.75, 3.05) is 26.2 Å². The fourth-order valence-corrected chi connectivity index (χ4v) is 9.97. The third-order valence-corrected chi connectivity index (χ3v) is 11.7. The molecule has 6 rings (SSSR count). The van der Waals surface area contributed by atoms with Gasteiger partial charge in [-0.25, -0.2) is 9.78 Å². The summed E-state index contributed by atoms with van der Waals surface area (Å²) in [6.45, 7) is 4.55. The van der Waals surface area contributed by atoms with E-state index in [-0.39, 0.29) is 12.6 Å². The first-order valence-corrected chi connectivity index (χ1v) is 16.8. The van der Waals surface area contributed by atoms with Crippen LogP contribution in [0.5, 0.6) is 0 Å². The van der Waals surface area contributed by atoms with Crippen molar-refractivity contribution < 1.29 is 31.1 Å². The van der Waals surface area contributed by atoms with Crippen LogP contribution in [0.15, 0.2) is 35.6 Å². The summed E-state index contributed by atoms with van der Waals surface area (Å²) in [7, 11) is -4.37. The largest absolute Gasteiger partial charge is 0.444 e. The Kier molecular flexibility index (Phi) is 7.42.